The van der Waals surface area contributed by atoms with E-state index in [2.05, 4.69) is 17.4 Å². The molecule has 0 saturated carbocycles. The molecular formula is C14H20N2O2. The minimum Gasteiger partial charge on any atom is -0.359 e. The van der Waals surface area contributed by atoms with Crippen molar-refractivity contribution in [2.24, 2.45) is 0 Å². The Morgan fingerprint density at radius 2 is 2.11 bits per heavy atom. The number of hydrogen-bond donors (Lipinski definition) is 1. The first-order chi connectivity index (χ1) is 8.66. The topological polar surface area (TPSA) is 41.6 Å². The largest absolute Gasteiger partial charge is 0.359 e. The van der Waals surface area contributed by atoms with Crippen molar-refractivity contribution in [1.29, 1.82) is 0 Å². The van der Waals surface area contributed by atoms with Crippen LogP contribution in [0.1, 0.15) is 25.0 Å². The fourth-order valence-corrected chi connectivity index (χ4v) is 2.05. The fourth-order valence-electron chi connectivity index (χ4n) is 2.05. The SMILES string of the molecule is CC(C)OCNC(=O)N1CCc2ccccc2C1. The molecule has 1 aromatic carbocycles. The van der Waals surface area contributed by atoms with Crippen LogP contribution < -0.4 is 5.32 Å². The molecule has 0 bridgehead atoms. The van der Waals surface area contributed by atoms with Gasteiger partial charge in [-0.2, -0.15) is 0 Å². The summed E-state index contributed by atoms with van der Waals surface area (Å²) in [4.78, 5) is 13.7. The lowest BCUT2D eigenvalue weighted by atomic mass is 10.0. The van der Waals surface area contributed by atoms with Crippen LogP contribution in [0, 0.1) is 0 Å². The molecule has 0 saturated heterocycles. The van der Waals surface area contributed by atoms with Crippen LogP contribution in [0.5, 0.6) is 0 Å². The molecule has 4 nitrogen and oxygen atoms in total. The molecule has 1 aromatic rings. The van der Waals surface area contributed by atoms with E-state index in [0.717, 1.165) is 13.0 Å². The number of nitrogens with zero attached hydrogens (tertiary/aromatic N) is 1. The molecule has 1 aliphatic heterocycles. The third kappa shape index (κ3) is 3.23. The molecule has 4 heteroatoms. The maximum Gasteiger partial charge on any atom is 0.319 e. The zero-order valence-electron chi connectivity index (χ0n) is 11.0. The Kier molecular flexibility index (Phi) is 4.20. The van der Waals surface area contributed by atoms with Crippen LogP contribution in [0.4, 0.5) is 4.79 Å². The van der Waals surface area contributed by atoms with Crippen LogP contribution in [0.3, 0.4) is 0 Å². The summed E-state index contributed by atoms with van der Waals surface area (Å²) in [5.41, 5.74) is 2.59. The van der Waals surface area contributed by atoms with Crippen LogP contribution in [0.25, 0.3) is 0 Å². The van der Waals surface area contributed by atoms with Gasteiger partial charge in [0.1, 0.15) is 6.73 Å². The number of rotatable bonds is 3. The molecule has 2 amide bonds. The number of hydrogen-bond acceptors (Lipinski definition) is 2. The Morgan fingerprint density at radius 1 is 1.39 bits per heavy atom. The molecule has 18 heavy (non-hydrogen) atoms. The summed E-state index contributed by atoms with van der Waals surface area (Å²) in [6.07, 6.45) is 1.06. The highest BCUT2D eigenvalue weighted by atomic mass is 16.5. The van der Waals surface area contributed by atoms with Gasteiger partial charge in [0.05, 0.1) is 6.10 Å². The van der Waals surface area contributed by atoms with Gasteiger partial charge in [0, 0.05) is 13.1 Å². The number of nitrogens with one attached hydrogen (secondary N) is 1. The third-order valence-electron chi connectivity index (χ3n) is 3.06. The summed E-state index contributed by atoms with van der Waals surface area (Å²) >= 11 is 0. The summed E-state index contributed by atoms with van der Waals surface area (Å²) in [7, 11) is 0. The van der Waals surface area contributed by atoms with Gasteiger partial charge >= 0.3 is 6.03 Å². The Bertz CT molecular complexity index is 418. The van der Waals surface area contributed by atoms with E-state index < -0.39 is 0 Å². The van der Waals surface area contributed by atoms with Crippen molar-refractivity contribution in [3.05, 3.63) is 35.4 Å². The molecule has 1 aliphatic rings. The summed E-state index contributed by atoms with van der Waals surface area (Å²) in [6.45, 7) is 5.62. The Hall–Kier alpha value is -1.55. The zero-order valence-corrected chi connectivity index (χ0v) is 11.0. The van der Waals surface area contributed by atoms with Gasteiger partial charge in [-0.05, 0) is 31.4 Å². The van der Waals surface area contributed by atoms with E-state index in [4.69, 9.17) is 4.74 Å². The van der Waals surface area contributed by atoms with Crippen LogP contribution in [-0.2, 0) is 17.7 Å². The monoisotopic (exact) mass is 248 g/mol. The van der Waals surface area contributed by atoms with Crippen molar-refractivity contribution in [3.63, 3.8) is 0 Å². The van der Waals surface area contributed by atoms with Crippen molar-refractivity contribution in [3.8, 4) is 0 Å². The number of urea groups is 1. The highest BCUT2D eigenvalue weighted by Crippen LogP contribution is 2.18. The molecule has 0 unspecified atom stereocenters. The van der Waals surface area contributed by atoms with E-state index in [9.17, 15) is 4.79 Å². The van der Waals surface area contributed by atoms with E-state index >= 15 is 0 Å². The zero-order chi connectivity index (χ0) is 13.0. The predicted octanol–water partition coefficient (Wildman–Crippen LogP) is 2.14. The number of amides is 2. The first kappa shape index (κ1) is 12.9. The van der Waals surface area contributed by atoms with Crippen molar-refractivity contribution in [2.45, 2.75) is 32.9 Å². The summed E-state index contributed by atoms with van der Waals surface area (Å²) < 4.78 is 5.31. The standard InChI is InChI=1S/C14H20N2O2/c1-11(2)18-10-15-14(17)16-8-7-12-5-3-4-6-13(12)9-16/h3-6,11H,7-10H2,1-2H3,(H,15,17). The van der Waals surface area contributed by atoms with Gasteiger partial charge < -0.3 is 15.0 Å². The van der Waals surface area contributed by atoms with Crippen molar-refractivity contribution in [2.75, 3.05) is 13.3 Å². The molecule has 1 heterocycles. The Balaban J connectivity index is 1.87. The Labute approximate surface area is 108 Å². The third-order valence-corrected chi connectivity index (χ3v) is 3.06. The average Bonchev–Trinajstić information content (AvgIpc) is 2.37. The molecule has 0 radical (unpaired) electrons. The second kappa shape index (κ2) is 5.87. The van der Waals surface area contributed by atoms with Crippen LogP contribution in [-0.4, -0.2) is 30.3 Å². The molecule has 0 atom stereocenters. The maximum absolute atomic E-state index is 11.9. The maximum atomic E-state index is 11.9. The van der Waals surface area contributed by atoms with Gasteiger partial charge in [-0.3, -0.25) is 0 Å². The Morgan fingerprint density at radius 3 is 2.83 bits per heavy atom. The van der Waals surface area contributed by atoms with E-state index in [-0.39, 0.29) is 18.9 Å². The second-order valence-electron chi connectivity index (χ2n) is 4.78. The molecule has 2 rings (SSSR count). The smallest absolute Gasteiger partial charge is 0.319 e. The minimum atomic E-state index is -0.0508. The lowest BCUT2D eigenvalue weighted by molar-refractivity contribution is 0.0650. The highest BCUT2D eigenvalue weighted by molar-refractivity contribution is 5.74. The number of ether oxygens (including phenoxy) is 1. The van der Waals surface area contributed by atoms with Crippen molar-refractivity contribution in [1.82, 2.24) is 10.2 Å². The highest BCUT2D eigenvalue weighted by Gasteiger charge is 2.19. The van der Waals surface area contributed by atoms with Gasteiger partial charge in [0.2, 0.25) is 0 Å². The van der Waals surface area contributed by atoms with Gasteiger partial charge in [-0.15, -0.1) is 0 Å². The number of carbonyl (C=O) groups is 1. The first-order valence-electron chi connectivity index (χ1n) is 6.38. The van der Waals surface area contributed by atoms with Crippen LogP contribution in [0.2, 0.25) is 0 Å². The summed E-state index contributed by atoms with van der Waals surface area (Å²) in [6, 6.07) is 8.23. The quantitative estimate of drug-likeness (QED) is 0.833. The van der Waals surface area contributed by atoms with Gasteiger partial charge in [0.25, 0.3) is 0 Å². The molecule has 1 N–H and O–H groups in total. The molecule has 0 spiro atoms. The first-order valence-corrected chi connectivity index (χ1v) is 6.38. The summed E-state index contributed by atoms with van der Waals surface area (Å²) in [5, 5.41) is 2.78. The van der Waals surface area contributed by atoms with Gasteiger partial charge in [-0.25, -0.2) is 4.79 Å². The van der Waals surface area contributed by atoms with Crippen LogP contribution >= 0.6 is 0 Å². The van der Waals surface area contributed by atoms with E-state index in [1.165, 1.54) is 11.1 Å². The van der Waals surface area contributed by atoms with Gasteiger partial charge in [-0.1, -0.05) is 24.3 Å². The number of benzene rings is 1. The molecule has 0 fully saturated rings. The van der Waals surface area contributed by atoms with E-state index in [1.807, 2.05) is 30.9 Å². The second-order valence-corrected chi connectivity index (χ2v) is 4.78. The molecular weight excluding hydrogens is 228 g/mol. The van der Waals surface area contributed by atoms with Crippen LogP contribution in [0.15, 0.2) is 24.3 Å². The predicted molar refractivity (Wildman–Crippen MR) is 70.2 cm³/mol. The van der Waals surface area contributed by atoms with E-state index in [1.54, 1.807) is 0 Å². The molecule has 0 aliphatic carbocycles. The van der Waals surface area contributed by atoms with Crippen molar-refractivity contribution < 1.29 is 9.53 Å². The minimum absolute atomic E-state index is 0.0508. The van der Waals surface area contributed by atoms with E-state index in [0.29, 0.717) is 6.54 Å². The fraction of sp³-hybridized carbons (Fsp3) is 0.500. The molecule has 98 valence electrons. The lowest BCUT2D eigenvalue weighted by Crippen LogP contribution is -2.43. The normalized spacial score (nSPS) is 14.5. The summed E-state index contributed by atoms with van der Waals surface area (Å²) in [5.74, 6) is 0. The number of carbonyl (C=O) groups excluding carboxylic acids is 1. The van der Waals surface area contributed by atoms with Gasteiger partial charge in [0.15, 0.2) is 0 Å². The lowest BCUT2D eigenvalue weighted by Gasteiger charge is -2.29. The molecule has 0 aromatic heterocycles. The average molecular weight is 248 g/mol. The number of fused-ring (bicyclic) bond motifs is 1. The van der Waals surface area contributed by atoms with Crippen molar-refractivity contribution >= 4 is 6.03 Å².